The van der Waals surface area contributed by atoms with Gasteiger partial charge in [-0.2, -0.15) is 9.78 Å². The molecule has 1 aliphatic heterocycles. The Morgan fingerprint density at radius 2 is 2.10 bits per heavy atom. The van der Waals surface area contributed by atoms with Crippen molar-refractivity contribution >= 4 is 41.0 Å². The molecule has 1 amide bonds. The maximum atomic E-state index is 13.3. The van der Waals surface area contributed by atoms with E-state index in [1.54, 1.807) is 35.2 Å². The van der Waals surface area contributed by atoms with Crippen molar-refractivity contribution in [1.29, 1.82) is 0 Å². The van der Waals surface area contributed by atoms with Crippen molar-refractivity contribution in [2.24, 2.45) is 17.8 Å². The summed E-state index contributed by atoms with van der Waals surface area (Å²) in [4.78, 5) is 25.6. The molecule has 14 heteroatoms. The fourth-order valence-corrected chi connectivity index (χ4v) is 5.19. The number of tetrazole rings is 1. The van der Waals surface area contributed by atoms with Crippen LogP contribution < -0.4 is 11.1 Å². The van der Waals surface area contributed by atoms with E-state index in [1.807, 2.05) is 32.2 Å². The highest BCUT2D eigenvalue weighted by atomic mass is 35.5. The SMILES string of the molecule is Cc1c(Cl)c(C[C@H](NC(=O)/C=C/c2cc(Cl)ccc2-n2cnnn2)c2ncc(-c3ccc4c(c3)CN=C4N)[nH]2)nn1C. The van der Waals surface area contributed by atoms with E-state index in [2.05, 4.69) is 40.9 Å². The smallest absolute Gasteiger partial charge is 0.244 e. The van der Waals surface area contributed by atoms with Gasteiger partial charge in [-0.05, 0) is 58.8 Å². The second-order valence-corrected chi connectivity index (χ2v) is 10.6. The predicted octanol–water partition coefficient (Wildman–Crippen LogP) is 3.73. The zero-order valence-electron chi connectivity index (χ0n) is 22.6. The molecule has 4 heterocycles. The minimum Gasteiger partial charge on any atom is -0.383 e. The highest BCUT2D eigenvalue weighted by molar-refractivity contribution is 6.32. The molecule has 0 fully saturated rings. The van der Waals surface area contributed by atoms with Gasteiger partial charge in [0.05, 0.1) is 46.6 Å². The Hall–Kier alpha value is -4.81. The molecule has 0 radical (unpaired) electrons. The van der Waals surface area contributed by atoms with E-state index in [0.717, 1.165) is 28.1 Å². The predicted molar refractivity (Wildman–Crippen MR) is 159 cm³/mol. The molecule has 0 spiro atoms. The summed E-state index contributed by atoms with van der Waals surface area (Å²) in [5.41, 5.74) is 12.5. The van der Waals surface area contributed by atoms with E-state index in [0.29, 0.717) is 51.6 Å². The van der Waals surface area contributed by atoms with Crippen LogP contribution in [0, 0.1) is 6.92 Å². The number of fused-ring (bicyclic) bond motifs is 1. The van der Waals surface area contributed by atoms with Gasteiger partial charge in [-0.25, -0.2) is 4.98 Å². The van der Waals surface area contributed by atoms with Gasteiger partial charge in [-0.15, -0.1) is 5.10 Å². The second kappa shape index (κ2) is 11.2. The highest BCUT2D eigenvalue weighted by Gasteiger charge is 2.23. The number of nitrogens with two attached hydrogens (primary N) is 1. The number of aromatic nitrogens is 8. The quantitative estimate of drug-likeness (QED) is 0.228. The van der Waals surface area contributed by atoms with Gasteiger partial charge in [0.1, 0.15) is 18.0 Å². The van der Waals surface area contributed by atoms with Gasteiger partial charge in [0.2, 0.25) is 5.91 Å². The Morgan fingerprint density at radius 3 is 2.86 bits per heavy atom. The Kier molecular flexibility index (Phi) is 7.31. The first-order chi connectivity index (χ1) is 20.3. The number of aliphatic imine (C=N–C) groups is 1. The summed E-state index contributed by atoms with van der Waals surface area (Å²) in [6.45, 7) is 2.43. The number of nitrogens with one attached hydrogen (secondary N) is 2. The number of nitrogens with zero attached hydrogens (tertiary/aromatic N) is 8. The normalized spacial score (nSPS) is 13.4. The number of rotatable bonds is 8. The molecule has 0 bridgehead atoms. The van der Waals surface area contributed by atoms with Gasteiger partial charge >= 0.3 is 0 Å². The lowest BCUT2D eigenvalue weighted by Gasteiger charge is -2.15. The van der Waals surface area contributed by atoms with Crippen LogP contribution >= 0.6 is 23.2 Å². The van der Waals surface area contributed by atoms with E-state index in [1.165, 1.54) is 17.1 Å². The number of aryl methyl sites for hydroxylation is 1. The van der Waals surface area contributed by atoms with Gasteiger partial charge in [0.15, 0.2) is 0 Å². The molecule has 212 valence electrons. The lowest BCUT2D eigenvalue weighted by Crippen LogP contribution is -2.29. The van der Waals surface area contributed by atoms with Gasteiger partial charge < -0.3 is 16.0 Å². The van der Waals surface area contributed by atoms with Crippen LogP contribution in [0.4, 0.5) is 0 Å². The lowest BCUT2D eigenvalue weighted by atomic mass is 10.0. The van der Waals surface area contributed by atoms with Gasteiger partial charge in [-0.1, -0.05) is 35.3 Å². The van der Waals surface area contributed by atoms with Crippen molar-refractivity contribution in [3.63, 3.8) is 0 Å². The van der Waals surface area contributed by atoms with Crippen LogP contribution in [0.25, 0.3) is 23.0 Å². The standard InChI is InChI=1S/C28H25Cl2N11O/c1-15-26(30)21(37-40(15)2)11-22(28-33-13-23(36-28)16-3-6-20-18(9-16)12-32-27(20)31)35-25(42)8-4-17-10-19(29)5-7-24(17)41-14-34-38-39-41/h3-10,13-14,22H,11-12H2,1-2H3,(H2,31,32)(H,33,36)(H,35,42)/b8-4+/t22-/m0/s1. The average Bonchev–Trinajstić information content (AvgIpc) is 3.79. The van der Waals surface area contributed by atoms with Crippen LogP contribution in [0.1, 0.15) is 39.9 Å². The zero-order chi connectivity index (χ0) is 29.4. The molecule has 12 nitrogen and oxygen atoms in total. The molecule has 4 N–H and O–H groups in total. The fourth-order valence-electron chi connectivity index (χ4n) is 4.77. The minimum absolute atomic E-state index is 0.314. The lowest BCUT2D eigenvalue weighted by molar-refractivity contribution is -0.117. The Bertz CT molecular complexity index is 1850. The van der Waals surface area contributed by atoms with Gasteiger partial charge in [-0.3, -0.25) is 14.5 Å². The fraction of sp³-hybridized carbons (Fsp3) is 0.179. The summed E-state index contributed by atoms with van der Waals surface area (Å²) < 4.78 is 3.20. The number of carbonyl (C=O) groups excluding carboxylic acids is 1. The minimum atomic E-state index is -0.561. The van der Waals surface area contributed by atoms with Crippen LogP contribution in [-0.2, 0) is 24.8 Å². The maximum absolute atomic E-state index is 13.3. The zero-order valence-corrected chi connectivity index (χ0v) is 24.1. The number of benzene rings is 2. The molecular weight excluding hydrogens is 577 g/mol. The average molecular weight is 602 g/mol. The van der Waals surface area contributed by atoms with Crippen LogP contribution in [0.15, 0.2) is 60.0 Å². The molecule has 0 saturated heterocycles. The second-order valence-electron chi connectivity index (χ2n) is 9.78. The maximum Gasteiger partial charge on any atom is 0.244 e. The summed E-state index contributed by atoms with van der Waals surface area (Å²) in [6, 6.07) is 10.6. The summed E-state index contributed by atoms with van der Waals surface area (Å²) in [5.74, 6) is 0.747. The summed E-state index contributed by atoms with van der Waals surface area (Å²) in [6.07, 6.45) is 6.59. The largest absolute Gasteiger partial charge is 0.383 e. The van der Waals surface area contributed by atoms with E-state index in [4.69, 9.17) is 28.9 Å². The van der Waals surface area contributed by atoms with Gasteiger partial charge in [0, 0.05) is 35.7 Å². The van der Waals surface area contributed by atoms with Crippen LogP contribution in [-0.4, -0.2) is 51.7 Å². The number of imidazole rings is 1. The number of amidine groups is 1. The van der Waals surface area contributed by atoms with Crippen LogP contribution in [0.3, 0.4) is 0 Å². The number of H-pyrrole nitrogens is 1. The number of hydrogen-bond donors (Lipinski definition) is 3. The van der Waals surface area contributed by atoms with Crippen LogP contribution in [0.5, 0.6) is 0 Å². The molecule has 42 heavy (non-hydrogen) atoms. The molecule has 1 atom stereocenters. The molecule has 1 aliphatic rings. The third kappa shape index (κ3) is 5.41. The van der Waals surface area contributed by atoms with E-state index in [9.17, 15) is 4.79 Å². The number of aromatic amines is 1. The van der Waals surface area contributed by atoms with E-state index < -0.39 is 6.04 Å². The van der Waals surface area contributed by atoms with E-state index in [-0.39, 0.29) is 5.91 Å². The van der Waals surface area contributed by atoms with Crippen molar-refractivity contribution in [2.45, 2.75) is 25.9 Å². The molecule has 3 aromatic heterocycles. The third-order valence-corrected chi connectivity index (χ3v) is 7.81. The molecule has 0 aliphatic carbocycles. The third-order valence-electron chi connectivity index (χ3n) is 7.08. The Labute approximate surface area is 250 Å². The first-order valence-electron chi connectivity index (χ1n) is 12.9. The molecule has 2 aromatic carbocycles. The van der Waals surface area contributed by atoms with Crippen molar-refractivity contribution in [1.82, 2.24) is 45.3 Å². The topological polar surface area (TPSA) is 158 Å². The number of hydrogen-bond acceptors (Lipinski definition) is 8. The summed E-state index contributed by atoms with van der Waals surface area (Å²) in [7, 11) is 1.82. The first-order valence-corrected chi connectivity index (χ1v) is 13.7. The number of carbonyl (C=O) groups is 1. The van der Waals surface area contributed by atoms with Crippen molar-refractivity contribution in [3.8, 4) is 16.9 Å². The van der Waals surface area contributed by atoms with Crippen molar-refractivity contribution in [3.05, 3.63) is 98.9 Å². The van der Waals surface area contributed by atoms with Crippen molar-refractivity contribution < 1.29 is 4.79 Å². The molecule has 5 aromatic rings. The van der Waals surface area contributed by atoms with Crippen LogP contribution in [0.2, 0.25) is 10.0 Å². The monoisotopic (exact) mass is 601 g/mol. The number of halogens is 2. The van der Waals surface area contributed by atoms with Gasteiger partial charge in [0.25, 0.3) is 0 Å². The summed E-state index contributed by atoms with van der Waals surface area (Å²) >= 11 is 12.8. The summed E-state index contributed by atoms with van der Waals surface area (Å²) in [5, 5.41) is 20.0. The van der Waals surface area contributed by atoms with E-state index >= 15 is 0 Å². The molecule has 0 unspecified atom stereocenters. The highest BCUT2D eigenvalue weighted by Crippen LogP contribution is 2.28. The molecule has 6 rings (SSSR count). The molecule has 0 saturated carbocycles. The Morgan fingerprint density at radius 1 is 1.24 bits per heavy atom. The first kappa shape index (κ1) is 27.4. The van der Waals surface area contributed by atoms with Crippen molar-refractivity contribution in [2.75, 3.05) is 0 Å². The number of amides is 1. The Balaban J connectivity index is 1.28. The molecular formula is C28H25Cl2N11O.